The molecule has 1 heterocycles. The Hall–Kier alpha value is -1.99. The van der Waals surface area contributed by atoms with Crippen molar-refractivity contribution in [1.82, 2.24) is 15.3 Å². The third-order valence-corrected chi connectivity index (χ3v) is 3.57. The number of thioether (sulfide) groups is 1. The van der Waals surface area contributed by atoms with Gasteiger partial charge >= 0.3 is 0 Å². The van der Waals surface area contributed by atoms with Crippen molar-refractivity contribution in [1.29, 1.82) is 0 Å². The number of aromatic amines is 1. The van der Waals surface area contributed by atoms with Crippen molar-refractivity contribution >= 4 is 35.1 Å². The number of anilines is 1. The Bertz CT molecular complexity index is 705. The summed E-state index contributed by atoms with van der Waals surface area (Å²) in [6.45, 7) is 0.390. The SMILES string of the molecule is Nc1cc(=O)[nH]c(SCC(=O)NCc2cccc(Cl)c2)n1. The van der Waals surface area contributed by atoms with Gasteiger partial charge in [0.25, 0.3) is 5.56 Å². The molecular formula is C13H13ClN4O2S. The summed E-state index contributed by atoms with van der Waals surface area (Å²) >= 11 is 6.97. The molecule has 21 heavy (non-hydrogen) atoms. The number of rotatable bonds is 5. The zero-order valence-electron chi connectivity index (χ0n) is 10.9. The van der Waals surface area contributed by atoms with Gasteiger partial charge in [-0.25, -0.2) is 4.98 Å². The molecule has 2 rings (SSSR count). The molecule has 0 fully saturated rings. The van der Waals surface area contributed by atoms with Crippen LogP contribution in [0.2, 0.25) is 5.02 Å². The second-order valence-corrected chi connectivity index (χ2v) is 5.57. The van der Waals surface area contributed by atoms with Crippen LogP contribution in [0.1, 0.15) is 5.56 Å². The lowest BCUT2D eigenvalue weighted by molar-refractivity contribution is -0.118. The number of carbonyl (C=O) groups excluding carboxylic acids is 1. The van der Waals surface area contributed by atoms with Crippen LogP contribution in [0.25, 0.3) is 0 Å². The Morgan fingerprint density at radius 2 is 2.24 bits per heavy atom. The summed E-state index contributed by atoms with van der Waals surface area (Å²) in [6, 6.07) is 8.43. The van der Waals surface area contributed by atoms with Gasteiger partial charge in [0.1, 0.15) is 5.82 Å². The van der Waals surface area contributed by atoms with Crippen LogP contribution in [0.5, 0.6) is 0 Å². The molecular weight excluding hydrogens is 312 g/mol. The number of nitrogens with zero attached hydrogens (tertiary/aromatic N) is 1. The first-order chi connectivity index (χ1) is 10.0. The van der Waals surface area contributed by atoms with Crippen molar-refractivity contribution in [3.05, 3.63) is 51.3 Å². The molecule has 0 aliphatic rings. The van der Waals surface area contributed by atoms with Gasteiger partial charge in [0.05, 0.1) is 5.75 Å². The first-order valence-corrected chi connectivity index (χ1v) is 7.40. The zero-order chi connectivity index (χ0) is 15.2. The fraction of sp³-hybridized carbons (Fsp3) is 0.154. The maximum absolute atomic E-state index is 11.7. The average molecular weight is 325 g/mol. The Morgan fingerprint density at radius 1 is 1.43 bits per heavy atom. The van der Waals surface area contributed by atoms with E-state index in [-0.39, 0.29) is 23.0 Å². The van der Waals surface area contributed by atoms with Crippen LogP contribution in [0, 0.1) is 0 Å². The maximum atomic E-state index is 11.7. The van der Waals surface area contributed by atoms with Gasteiger partial charge in [-0.05, 0) is 17.7 Å². The first-order valence-electron chi connectivity index (χ1n) is 6.04. The van der Waals surface area contributed by atoms with Gasteiger partial charge in [-0.3, -0.25) is 9.59 Å². The van der Waals surface area contributed by atoms with Crippen molar-refractivity contribution < 1.29 is 4.79 Å². The van der Waals surface area contributed by atoms with Gasteiger partial charge in [0.2, 0.25) is 5.91 Å². The van der Waals surface area contributed by atoms with Crippen LogP contribution in [0.4, 0.5) is 5.82 Å². The van der Waals surface area contributed by atoms with Crippen molar-refractivity contribution in [3.63, 3.8) is 0 Å². The molecule has 0 radical (unpaired) electrons. The summed E-state index contributed by atoms with van der Waals surface area (Å²) in [5, 5.41) is 3.70. The highest BCUT2D eigenvalue weighted by atomic mass is 35.5. The summed E-state index contributed by atoms with van der Waals surface area (Å²) in [5.41, 5.74) is 6.03. The molecule has 0 unspecified atom stereocenters. The number of hydrogen-bond donors (Lipinski definition) is 3. The molecule has 6 nitrogen and oxygen atoms in total. The van der Waals surface area contributed by atoms with Gasteiger partial charge in [-0.15, -0.1) is 0 Å². The highest BCUT2D eigenvalue weighted by Gasteiger charge is 2.05. The number of carbonyl (C=O) groups is 1. The molecule has 4 N–H and O–H groups in total. The number of H-pyrrole nitrogens is 1. The summed E-state index contributed by atoms with van der Waals surface area (Å²) in [5.74, 6) is 0.0816. The van der Waals surface area contributed by atoms with Crippen molar-refractivity contribution in [2.75, 3.05) is 11.5 Å². The van der Waals surface area contributed by atoms with Gasteiger partial charge in [0, 0.05) is 17.6 Å². The topological polar surface area (TPSA) is 101 Å². The largest absolute Gasteiger partial charge is 0.383 e. The van der Waals surface area contributed by atoms with E-state index in [0.29, 0.717) is 16.7 Å². The standard InChI is InChI=1S/C13H13ClN4O2S/c14-9-3-1-2-8(4-9)6-16-12(20)7-21-13-17-10(15)5-11(19)18-13/h1-5H,6-7H2,(H,16,20)(H3,15,17,18,19). The highest BCUT2D eigenvalue weighted by Crippen LogP contribution is 2.12. The number of nitrogens with one attached hydrogen (secondary N) is 2. The van der Waals surface area contributed by atoms with E-state index in [0.717, 1.165) is 17.3 Å². The zero-order valence-corrected chi connectivity index (χ0v) is 12.5. The lowest BCUT2D eigenvalue weighted by atomic mass is 10.2. The fourth-order valence-corrected chi connectivity index (χ4v) is 2.48. The summed E-state index contributed by atoms with van der Waals surface area (Å²) in [7, 11) is 0. The van der Waals surface area contributed by atoms with E-state index < -0.39 is 0 Å². The van der Waals surface area contributed by atoms with E-state index in [4.69, 9.17) is 17.3 Å². The van der Waals surface area contributed by atoms with Crippen LogP contribution in [-0.2, 0) is 11.3 Å². The van der Waals surface area contributed by atoms with Crippen molar-refractivity contribution in [3.8, 4) is 0 Å². The minimum atomic E-state index is -0.343. The molecule has 8 heteroatoms. The number of benzene rings is 1. The van der Waals surface area contributed by atoms with E-state index in [9.17, 15) is 9.59 Å². The lowest BCUT2D eigenvalue weighted by Gasteiger charge is -2.05. The molecule has 0 bridgehead atoms. The summed E-state index contributed by atoms with van der Waals surface area (Å²) < 4.78 is 0. The Kier molecular flexibility index (Phi) is 5.24. The number of amides is 1. The third-order valence-electron chi connectivity index (χ3n) is 2.46. The molecule has 2 aromatic rings. The van der Waals surface area contributed by atoms with Crippen LogP contribution < -0.4 is 16.6 Å². The van der Waals surface area contributed by atoms with E-state index in [1.54, 1.807) is 12.1 Å². The normalized spacial score (nSPS) is 10.3. The molecule has 0 saturated heterocycles. The van der Waals surface area contributed by atoms with Crippen molar-refractivity contribution in [2.24, 2.45) is 0 Å². The number of halogens is 1. The molecule has 1 aromatic heterocycles. The average Bonchev–Trinajstić information content (AvgIpc) is 2.42. The molecule has 110 valence electrons. The summed E-state index contributed by atoms with van der Waals surface area (Å²) in [4.78, 5) is 29.4. The predicted octanol–water partition coefficient (Wildman–Crippen LogP) is 1.41. The van der Waals surface area contributed by atoms with Gasteiger partial charge in [0.15, 0.2) is 5.16 Å². The number of aromatic nitrogens is 2. The third kappa shape index (κ3) is 5.13. The van der Waals surface area contributed by atoms with Gasteiger partial charge in [-0.1, -0.05) is 35.5 Å². The summed E-state index contributed by atoms with van der Waals surface area (Å²) in [6.07, 6.45) is 0. The molecule has 0 spiro atoms. The Balaban J connectivity index is 1.83. The smallest absolute Gasteiger partial charge is 0.253 e. The first kappa shape index (κ1) is 15.4. The molecule has 0 atom stereocenters. The second-order valence-electron chi connectivity index (χ2n) is 4.17. The van der Waals surface area contributed by atoms with Gasteiger partial charge < -0.3 is 16.0 Å². The van der Waals surface area contributed by atoms with Crippen LogP contribution in [0.15, 0.2) is 40.3 Å². The van der Waals surface area contributed by atoms with Crippen molar-refractivity contribution in [2.45, 2.75) is 11.7 Å². The second kappa shape index (κ2) is 7.14. The quantitative estimate of drug-likeness (QED) is 0.570. The molecule has 0 aliphatic carbocycles. The van der Waals surface area contributed by atoms with E-state index in [1.807, 2.05) is 12.1 Å². The number of nitrogen functional groups attached to an aromatic ring is 1. The van der Waals surface area contributed by atoms with Crippen LogP contribution >= 0.6 is 23.4 Å². The minimum Gasteiger partial charge on any atom is -0.383 e. The number of nitrogens with two attached hydrogens (primary N) is 1. The van der Waals surface area contributed by atoms with Crippen LogP contribution in [0.3, 0.4) is 0 Å². The van der Waals surface area contributed by atoms with E-state index in [1.165, 1.54) is 6.07 Å². The van der Waals surface area contributed by atoms with E-state index >= 15 is 0 Å². The maximum Gasteiger partial charge on any atom is 0.253 e. The fourth-order valence-electron chi connectivity index (χ4n) is 1.55. The Labute approximate surface area is 130 Å². The molecule has 0 saturated carbocycles. The minimum absolute atomic E-state index is 0.126. The predicted molar refractivity (Wildman–Crippen MR) is 83.3 cm³/mol. The van der Waals surface area contributed by atoms with Gasteiger partial charge in [-0.2, -0.15) is 0 Å². The monoisotopic (exact) mass is 324 g/mol. The molecule has 1 amide bonds. The number of hydrogen-bond acceptors (Lipinski definition) is 5. The lowest BCUT2D eigenvalue weighted by Crippen LogP contribution is -2.24. The van der Waals surface area contributed by atoms with E-state index in [2.05, 4.69) is 15.3 Å². The van der Waals surface area contributed by atoms with Crippen LogP contribution in [-0.4, -0.2) is 21.6 Å². The molecule has 1 aromatic carbocycles. The molecule has 0 aliphatic heterocycles. The Morgan fingerprint density at radius 3 is 2.95 bits per heavy atom. The highest BCUT2D eigenvalue weighted by molar-refractivity contribution is 7.99.